The minimum atomic E-state index is -0.710. The molecule has 8 heteroatoms. The Morgan fingerprint density at radius 2 is 1.97 bits per heavy atom. The molecule has 2 heterocycles. The summed E-state index contributed by atoms with van der Waals surface area (Å²) in [6.45, 7) is 5.52. The number of rotatable bonds is 2. The lowest BCUT2D eigenvalue weighted by molar-refractivity contribution is -0.144. The fraction of sp³-hybridized carbons (Fsp3) is 0.318. The lowest BCUT2D eigenvalue weighted by atomic mass is 10.1. The van der Waals surface area contributed by atoms with Crippen molar-refractivity contribution in [2.45, 2.75) is 26.3 Å². The Morgan fingerprint density at radius 1 is 1.17 bits per heavy atom. The molecule has 30 heavy (non-hydrogen) atoms. The van der Waals surface area contributed by atoms with E-state index in [-0.39, 0.29) is 18.4 Å². The van der Waals surface area contributed by atoms with Crippen molar-refractivity contribution in [2.75, 3.05) is 29.9 Å². The van der Waals surface area contributed by atoms with Gasteiger partial charge in [-0.2, -0.15) is 0 Å². The summed E-state index contributed by atoms with van der Waals surface area (Å²) >= 11 is 6.24. The van der Waals surface area contributed by atoms with Crippen LogP contribution >= 0.6 is 11.6 Å². The van der Waals surface area contributed by atoms with Crippen LogP contribution in [0.25, 0.3) is 0 Å². The predicted molar refractivity (Wildman–Crippen MR) is 114 cm³/mol. The highest BCUT2D eigenvalue weighted by Crippen LogP contribution is 2.29. The molecule has 1 N–H and O–H groups in total. The van der Waals surface area contributed by atoms with Crippen LogP contribution in [0.15, 0.2) is 36.4 Å². The maximum atomic E-state index is 12.7. The third-order valence-electron chi connectivity index (χ3n) is 5.49. The summed E-state index contributed by atoms with van der Waals surface area (Å²) in [5.74, 6) is -1.20. The first-order valence-electron chi connectivity index (χ1n) is 9.78. The second-order valence-electron chi connectivity index (χ2n) is 7.65. The van der Waals surface area contributed by atoms with Gasteiger partial charge in [0.2, 0.25) is 0 Å². The second kappa shape index (κ2) is 7.99. The van der Waals surface area contributed by atoms with E-state index >= 15 is 0 Å². The molecule has 0 spiro atoms. The largest absolute Gasteiger partial charge is 0.426 e. The van der Waals surface area contributed by atoms with Gasteiger partial charge in [-0.15, -0.1) is 0 Å². The van der Waals surface area contributed by atoms with Crippen LogP contribution in [0.3, 0.4) is 0 Å². The van der Waals surface area contributed by atoms with Gasteiger partial charge < -0.3 is 19.9 Å². The van der Waals surface area contributed by atoms with Gasteiger partial charge in [0.15, 0.2) is 0 Å². The van der Waals surface area contributed by atoms with Gasteiger partial charge in [-0.1, -0.05) is 23.7 Å². The molecule has 2 aromatic carbocycles. The lowest BCUT2D eigenvalue weighted by Gasteiger charge is -2.40. The summed E-state index contributed by atoms with van der Waals surface area (Å²) in [7, 11) is 0. The second-order valence-corrected chi connectivity index (χ2v) is 8.06. The van der Waals surface area contributed by atoms with Gasteiger partial charge in [0, 0.05) is 53.7 Å². The van der Waals surface area contributed by atoms with Crippen molar-refractivity contribution in [3.05, 3.63) is 52.5 Å². The van der Waals surface area contributed by atoms with Crippen molar-refractivity contribution in [1.29, 1.82) is 0 Å². The number of fused-ring (bicyclic) bond motifs is 1. The van der Waals surface area contributed by atoms with Crippen molar-refractivity contribution in [2.24, 2.45) is 0 Å². The van der Waals surface area contributed by atoms with Gasteiger partial charge in [-0.25, -0.2) is 0 Å². The topological polar surface area (TPSA) is 79.0 Å². The fourth-order valence-electron chi connectivity index (χ4n) is 3.77. The molecule has 0 saturated carbocycles. The molecule has 2 aromatic rings. The van der Waals surface area contributed by atoms with Gasteiger partial charge in [0.25, 0.3) is 0 Å². The third kappa shape index (κ3) is 3.98. The fourth-order valence-corrected chi connectivity index (χ4v) is 3.95. The molecule has 0 radical (unpaired) electrons. The summed E-state index contributed by atoms with van der Waals surface area (Å²) < 4.78 is 5.09. The molecule has 4 rings (SSSR count). The predicted octanol–water partition coefficient (Wildman–Crippen LogP) is 2.79. The highest BCUT2D eigenvalue weighted by Gasteiger charge is 2.31. The van der Waals surface area contributed by atoms with E-state index in [9.17, 15) is 14.4 Å². The minimum Gasteiger partial charge on any atom is -0.426 e. The first-order valence-corrected chi connectivity index (χ1v) is 10.2. The van der Waals surface area contributed by atoms with Crippen LogP contribution in [0.2, 0.25) is 5.02 Å². The maximum absolute atomic E-state index is 12.7. The molecule has 0 bridgehead atoms. The van der Waals surface area contributed by atoms with Crippen LogP contribution in [-0.2, 0) is 20.8 Å². The first-order chi connectivity index (χ1) is 14.3. The van der Waals surface area contributed by atoms with E-state index in [1.807, 2.05) is 32.0 Å². The number of esters is 1. The summed E-state index contributed by atoms with van der Waals surface area (Å²) in [6, 6.07) is 10.7. The standard InChI is InChI=1S/C22H22ClN3O4/c1-13-3-6-17(11-18(13)23)25-7-8-26(14(2)12-25)22(29)21(28)24-16-5-4-15-9-20(27)30-19(15)10-16/h3-6,10-11,14H,7-9,12H2,1-2H3,(H,24,28)/t14-/m1/s1. The molecule has 0 unspecified atom stereocenters. The Morgan fingerprint density at radius 3 is 2.70 bits per heavy atom. The number of anilines is 2. The Hall–Kier alpha value is -3.06. The van der Waals surface area contributed by atoms with Gasteiger partial charge >= 0.3 is 17.8 Å². The Bertz CT molecular complexity index is 1040. The quantitative estimate of drug-likeness (QED) is 0.453. The number of aryl methyl sites for hydroxylation is 1. The van der Waals surface area contributed by atoms with Crippen molar-refractivity contribution >= 4 is 40.8 Å². The maximum Gasteiger partial charge on any atom is 0.315 e. The number of benzene rings is 2. The van der Waals surface area contributed by atoms with E-state index in [4.69, 9.17) is 16.3 Å². The average Bonchev–Trinajstić information content (AvgIpc) is 3.08. The van der Waals surface area contributed by atoms with E-state index in [0.29, 0.717) is 36.1 Å². The zero-order valence-corrected chi connectivity index (χ0v) is 17.5. The molecule has 1 atom stereocenters. The van der Waals surface area contributed by atoms with E-state index < -0.39 is 11.8 Å². The number of nitrogens with zero attached hydrogens (tertiary/aromatic N) is 2. The van der Waals surface area contributed by atoms with Crippen molar-refractivity contribution in [3.63, 3.8) is 0 Å². The molecule has 156 valence electrons. The van der Waals surface area contributed by atoms with Crippen LogP contribution < -0.4 is 15.0 Å². The number of carbonyl (C=O) groups excluding carboxylic acids is 3. The molecular formula is C22H22ClN3O4. The number of halogens is 1. The molecule has 2 aliphatic heterocycles. The molecular weight excluding hydrogens is 406 g/mol. The smallest absolute Gasteiger partial charge is 0.315 e. The lowest BCUT2D eigenvalue weighted by Crippen LogP contribution is -2.56. The molecule has 1 saturated heterocycles. The molecule has 1 fully saturated rings. The van der Waals surface area contributed by atoms with Crippen LogP contribution in [-0.4, -0.2) is 48.4 Å². The van der Waals surface area contributed by atoms with Crippen LogP contribution in [0.1, 0.15) is 18.1 Å². The number of ether oxygens (including phenoxy) is 1. The number of nitrogens with one attached hydrogen (secondary N) is 1. The third-order valence-corrected chi connectivity index (χ3v) is 5.89. The molecule has 2 aliphatic rings. The van der Waals surface area contributed by atoms with Crippen LogP contribution in [0.4, 0.5) is 11.4 Å². The number of hydrogen-bond acceptors (Lipinski definition) is 5. The van der Waals surface area contributed by atoms with Gasteiger partial charge in [0.05, 0.1) is 6.42 Å². The summed E-state index contributed by atoms with van der Waals surface area (Å²) in [5.41, 5.74) is 3.20. The van der Waals surface area contributed by atoms with E-state index in [1.54, 1.807) is 23.1 Å². The van der Waals surface area contributed by atoms with Gasteiger partial charge in [-0.05, 0) is 37.6 Å². The highest BCUT2D eigenvalue weighted by molar-refractivity contribution is 6.39. The highest BCUT2D eigenvalue weighted by atomic mass is 35.5. The van der Waals surface area contributed by atoms with Gasteiger partial charge in [0.1, 0.15) is 5.75 Å². The van der Waals surface area contributed by atoms with Crippen molar-refractivity contribution in [1.82, 2.24) is 4.90 Å². The molecule has 0 aliphatic carbocycles. The zero-order chi connectivity index (χ0) is 21.4. The summed E-state index contributed by atoms with van der Waals surface area (Å²) in [5, 5.41) is 3.31. The minimum absolute atomic E-state index is 0.141. The molecule has 0 aromatic heterocycles. The first kappa shape index (κ1) is 20.2. The van der Waals surface area contributed by atoms with Crippen molar-refractivity contribution < 1.29 is 19.1 Å². The Kier molecular flexibility index (Phi) is 5.39. The van der Waals surface area contributed by atoms with Crippen molar-refractivity contribution in [3.8, 4) is 5.75 Å². The average molecular weight is 428 g/mol. The SMILES string of the molecule is Cc1ccc(N2CCN(C(=O)C(=O)Nc3ccc4c(c3)OC(=O)C4)[C@H](C)C2)cc1Cl. The van der Waals surface area contributed by atoms with Gasteiger partial charge in [-0.3, -0.25) is 14.4 Å². The number of carbonyl (C=O) groups is 3. The number of piperazine rings is 1. The molecule has 2 amide bonds. The van der Waals surface area contributed by atoms with E-state index in [0.717, 1.165) is 16.8 Å². The van der Waals surface area contributed by atoms with E-state index in [2.05, 4.69) is 10.2 Å². The van der Waals surface area contributed by atoms with Crippen LogP contribution in [0, 0.1) is 6.92 Å². The summed E-state index contributed by atoms with van der Waals surface area (Å²) in [4.78, 5) is 40.3. The van der Waals surface area contributed by atoms with E-state index in [1.165, 1.54) is 0 Å². The Labute approximate surface area is 179 Å². The number of hydrogen-bond donors (Lipinski definition) is 1. The summed E-state index contributed by atoms with van der Waals surface area (Å²) in [6.07, 6.45) is 0.219. The normalized spacial score (nSPS) is 18.1. The zero-order valence-electron chi connectivity index (χ0n) is 16.8. The molecule has 7 nitrogen and oxygen atoms in total. The van der Waals surface area contributed by atoms with Crippen LogP contribution in [0.5, 0.6) is 5.75 Å². The monoisotopic (exact) mass is 427 g/mol. The Balaban J connectivity index is 1.39. The number of amides is 2.